The molecular formula is C44H48N2O6. The Labute approximate surface area is 306 Å². The molecule has 0 heterocycles. The molecule has 0 spiro atoms. The second-order valence-electron chi connectivity index (χ2n) is 13.2. The SMILES string of the molecule is COc1ccc([C@H](N=CC(C(C)=O)=C(O)c2c(C)cc(C)cc2C)[C@@H](N=CC(C(C)=O)=C(O)c2c(C)cc(C)cc2C)c2ccc(OC)cc2)cc1. The molecular weight excluding hydrogens is 652 g/mol. The van der Waals surface area contributed by atoms with Gasteiger partial charge in [-0.2, -0.15) is 0 Å². The van der Waals surface area contributed by atoms with Gasteiger partial charge in [0.05, 0.1) is 25.4 Å². The molecule has 0 radical (unpaired) electrons. The standard InChI is InChI=1S/C44H48N2O6/c1-25-19-27(3)39(28(4)20-25)43(49)37(31(7)47)23-45-41(33-11-15-35(51-9)16-12-33)42(34-13-17-36(52-10)18-14-34)46-24-38(32(8)48)44(50)40-29(5)21-26(2)22-30(40)6/h11-24,41-42,49-50H,1-10H3/t41-,42-/m0/s1. The normalized spacial score (nSPS) is 13.8. The van der Waals surface area contributed by atoms with E-state index < -0.39 is 12.1 Å². The third-order valence-corrected chi connectivity index (χ3v) is 9.04. The number of carbonyl (C=O) groups excluding carboxylic acids is 2. The molecule has 8 nitrogen and oxygen atoms in total. The van der Waals surface area contributed by atoms with Gasteiger partial charge in [-0.3, -0.25) is 19.6 Å². The van der Waals surface area contributed by atoms with E-state index in [1.807, 2.05) is 90.1 Å². The van der Waals surface area contributed by atoms with Crippen molar-refractivity contribution >= 4 is 35.5 Å². The Morgan fingerprint density at radius 3 is 1.10 bits per heavy atom. The monoisotopic (exact) mass is 700 g/mol. The van der Waals surface area contributed by atoms with Gasteiger partial charge in [0.2, 0.25) is 0 Å². The van der Waals surface area contributed by atoms with Crippen molar-refractivity contribution in [3.63, 3.8) is 0 Å². The maximum atomic E-state index is 13.1. The second-order valence-corrected chi connectivity index (χ2v) is 13.2. The molecule has 52 heavy (non-hydrogen) atoms. The Morgan fingerprint density at radius 1 is 0.558 bits per heavy atom. The highest BCUT2D eigenvalue weighted by molar-refractivity contribution is 6.18. The van der Waals surface area contributed by atoms with Gasteiger partial charge in [0, 0.05) is 23.6 Å². The highest BCUT2D eigenvalue weighted by Gasteiger charge is 2.26. The number of rotatable bonds is 13. The van der Waals surface area contributed by atoms with Crippen LogP contribution in [0.2, 0.25) is 0 Å². The molecule has 2 atom stereocenters. The van der Waals surface area contributed by atoms with Gasteiger partial charge < -0.3 is 19.7 Å². The topological polar surface area (TPSA) is 118 Å². The van der Waals surface area contributed by atoms with E-state index in [4.69, 9.17) is 19.5 Å². The second kappa shape index (κ2) is 17.0. The molecule has 0 aliphatic carbocycles. The lowest BCUT2D eigenvalue weighted by atomic mass is 9.93. The van der Waals surface area contributed by atoms with E-state index in [0.29, 0.717) is 22.6 Å². The van der Waals surface area contributed by atoms with E-state index >= 15 is 0 Å². The molecule has 270 valence electrons. The lowest BCUT2D eigenvalue weighted by Gasteiger charge is -2.23. The smallest absolute Gasteiger partial charge is 0.165 e. The zero-order valence-electron chi connectivity index (χ0n) is 31.7. The summed E-state index contributed by atoms with van der Waals surface area (Å²) >= 11 is 0. The van der Waals surface area contributed by atoms with Gasteiger partial charge in [-0.05, 0) is 113 Å². The van der Waals surface area contributed by atoms with E-state index in [1.54, 1.807) is 38.5 Å². The molecule has 0 unspecified atom stereocenters. The Hall–Kier alpha value is -5.76. The predicted octanol–water partition coefficient (Wildman–Crippen LogP) is 9.59. The third kappa shape index (κ3) is 8.93. The Morgan fingerprint density at radius 2 is 0.846 bits per heavy atom. The van der Waals surface area contributed by atoms with Crippen molar-refractivity contribution in [3.8, 4) is 11.5 Å². The summed E-state index contributed by atoms with van der Waals surface area (Å²) in [4.78, 5) is 36.2. The van der Waals surface area contributed by atoms with Crippen molar-refractivity contribution < 1.29 is 29.3 Å². The summed E-state index contributed by atoms with van der Waals surface area (Å²) in [5.74, 6) is 0.209. The summed E-state index contributed by atoms with van der Waals surface area (Å²) in [6.07, 6.45) is 2.80. The summed E-state index contributed by atoms with van der Waals surface area (Å²) in [6.45, 7) is 14.3. The molecule has 0 saturated carbocycles. The largest absolute Gasteiger partial charge is 0.506 e. The Balaban J connectivity index is 1.99. The van der Waals surface area contributed by atoms with E-state index in [-0.39, 0.29) is 34.2 Å². The molecule has 4 rings (SSSR count). The first-order valence-electron chi connectivity index (χ1n) is 17.1. The zero-order chi connectivity index (χ0) is 38.3. The van der Waals surface area contributed by atoms with Crippen LogP contribution < -0.4 is 9.47 Å². The average molecular weight is 701 g/mol. The molecule has 4 aromatic rings. The molecule has 4 aromatic carbocycles. The van der Waals surface area contributed by atoms with Crippen LogP contribution in [0, 0.1) is 41.5 Å². The third-order valence-electron chi connectivity index (χ3n) is 9.04. The number of nitrogens with zero attached hydrogens (tertiary/aromatic N) is 2. The highest BCUT2D eigenvalue weighted by atomic mass is 16.5. The van der Waals surface area contributed by atoms with Crippen LogP contribution in [0.5, 0.6) is 11.5 Å². The van der Waals surface area contributed by atoms with Crippen LogP contribution in [0.25, 0.3) is 11.5 Å². The van der Waals surface area contributed by atoms with Crippen LogP contribution >= 0.6 is 0 Å². The lowest BCUT2D eigenvalue weighted by molar-refractivity contribution is -0.114. The predicted molar refractivity (Wildman–Crippen MR) is 210 cm³/mol. The molecule has 0 aromatic heterocycles. The average Bonchev–Trinajstić information content (AvgIpc) is 3.08. The fourth-order valence-corrected chi connectivity index (χ4v) is 6.63. The number of hydrogen-bond acceptors (Lipinski definition) is 8. The number of aliphatic imine (C=N–C) groups is 2. The van der Waals surface area contributed by atoms with Crippen molar-refractivity contribution in [2.45, 2.75) is 67.5 Å². The van der Waals surface area contributed by atoms with Crippen LogP contribution in [0.4, 0.5) is 0 Å². The first-order chi connectivity index (χ1) is 24.7. The number of allylic oxidation sites excluding steroid dienone is 2. The first-order valence-corrected chi connectivity index (χ1v) is 17.1. The minimum atomic E-state index is -0.767. The number of carbonyl (C=O) groups is 2. The van der Waals surface area contributed by atoms with Gasteiger partial charge in [0.25, 0.3) is 0 Å². The van der Waals surface area contributed by atoms with Gasteiger partial charge >= 0.3 is 0 Å². The van der Waals surface area contributed by atoms with E-state index in [1.165, 1.54) is 26.3 Å². The van der Waals surface area contributed by atoms with E-state index in [2.05, 4.69) is 0 Å². The van der Waals surface area contributed by atoms with Gasteiger partial charge in [-0.25, -0.2) is 0 Å². The molecule has 0 aliphatic heterocycles. The van der Waals surface area contributed by atoms with Crippen LogP contribution in [0.3, 0.4) is 0 Å². The number of ketones is 2. The maximum absolute atomic E-state index is 13.1. The fourth-order valence-electron chi connectivity index (χ4n) is 6.63. The van der Waals surface area contributed by atoms with E-state index in [0.717, 1.165) is 44.5 Å². The highest BCUT2D eigenvalue weighted by Crippen LogP contribution is 2.38. The maximum Gasteiger partial charge on any atom is 0.165 e. The lowest BCUT2D eigenvalue weighted by Crippen LogP contribution is -2.12. The first kappa shape index (κ1) is 39.0. The van der Waals surface area contributed by atoms with Crippen molar-refractivity contribution in [1.82, 2.24) is 0 Å². The summed E-state index contributed by atoms with van der Waals surface area (Å²) in [6, 6.07) is 20.9. The zero-order valence-corrected chi connectivity index (χ0v) is 31.7. The molecule has 8 heteroatoms. The number of methoxy groups -OCH3 is 2. The van der Waals surface area contributed by atoms with Gasteiger partial charge in [-0.15, -0.1) is 0 Å². The quantitative estimate of drug-likeness (QED) is 0.0815. The number of hydrogen-bond donors (Lipinski definition) is 2. The van der Waals surface area contributed by atoms with E-state index in [9.17, 15) is 19.8 Å². The summed E-state index contributed by atoms with van der Waals surface area (Å²) in [5, 5.41) is 23.1. The summed E-state index contributed by atoms with van der Waals surface area (Å²) < 4.78 is 10.8. The fraction of sp³-hybridized carbons (Fsp3) is 0.273. The van der Waals surface area contributed by atoms with Gasteiger partial charge in [0.1, 0.15) is 35.1 Å². The van der Waals surface area contributed by atoms with Crippen molar-refractivity contribution in [1.29, 1.82) is 0 Å². The minimum Gasteiger partial charge on any atom is -0.506 e. The van der Waals surface area contributed by atoms with Crippen molar-refractivity contribution in [2.24, 2.45) is 9.98 Å². The summed E-state index contributed by atoms with van der Waals surface area (Å²) in [7, 11) is 3.16. The number of aliphatic hydroxyl groups is 2. The molecule has 0 fully saturated rings. The number of ether oxygens (including phenoxy) is 2. The molecule has 0 amide bonds. The van der Waals surface area contributed by atoms with Gasteiger partial charge in [0.15, 0.2) is 11.6 Å². The number of aliphatic hydroxyl groups excluding tert-OH is 2. The van der Waals surface area contributed by atoms with Crippen LogP contribution in [0.1, 0.15) is 81.6 Å². The number of aryl methyl sites for hydroxylation is 6. The van der Waals surface area contributed by atoms with Crippen molar-refractivity contribution in [2.75, 3.05) is 14.2 Å². The molecule has 2 N–H and O–H groups in total. The van der Waals surface area contributed by atoms with Crippen LogP contribution in [0.15, 0.2) is 93.9 Å². The number of Topliss-reactive ketones (excluding diaryl/α,β-unsaturated/α-hetero) is 2. The Bertz CT molecular complexity index is 1890. The summed E-state index contributed by atoms with van der Waals surface area (Å²) in [5.41, 5.74) is 8.08. The molecule has 0 saturated heterocycles. The van der Waals surface area contributed by atoms with Crippen LogP contribution in [-0.4, -0.2) is 48.4 Å². The molecule has 0 aliphatic rings. The number of benzene rings is 4. The Kier molecular flexibility index (Phi) is 12.7. The minimum absolute atomic E-state index is 0.0401. The molecule has 0 bridgehead atoms. The van der Waals surface area contributed by atoms with Crippen LogP contribution in [-0.2, 0) is 9.59 Å². The van der Waals surface area contributed by atoms with Gasteiger partial charge in [-0.1, -0.05) is 59.7 Å². The van der Waals surface area contributed by atoms with Crippen molar-refractivity contribution in [3.05, 3.63) is 140 Å².